The summed E-state index contributed by atoms with van der Waals surface area (Å²) < 4.78 is 47.6. The molecule has 6 atom stereocenters. The molecule has 56 heavy (non-hydrogen) atoms. The van der Waals surface area contributed by atoms with E-state index in [1.54, 1.807) is 26.3 Å². The number of methoxy groups -OCH3 is 2. The van der Waals surface area contributed by atoms with Crippen molar-refractivity contribution in [3.05, 3.63) is 82.0 Å². The number of fused-ring (bicyclic) bond motifs is 4. The summed E-state index contributed by atoms with van der Waals surface area (Å²) in [5.41, 5.74) is 3.31. The van der Waals surface area contributed by atoms with Gasteiger partial charge in [0.1, 0.15) is 21.2 Å². The molecule has 1 saturated carbocycles. The summed E-state index contributed by atoms with van der Waals surface area (Å²) in [7, 11) is 5.01. The van der Waals surface area contributed by atoms with Gasteiger partial charge in [-0.05, 0) is 106 Å². The molecule has 1 aromatic heterocycles. The zero-order valence-corrected chi connectivity index (χ0v) is 34.4. The number of aryl methyl sites for hydroxylation is 2. The number of aromatic nitrogens is 2. The Balaban J connectivity index is 1.30. The average Bonchev–Trinajstić information content (AvgIpc) is 3.48. The molecule has 2 aromatic carbocycles. The monoisotopic (exact) mass is 808 g/mol. The Morgan fingerprint density at radius 2 is 1.98 bits per heavy atom. The van der Waals surface area contributed by atoms with E-state index < -0.39 is 27.8 Å². The quantitative estimate of drug-likeness (QED) is 0.293. The molecule has 1 N–H and O–H groups in total. The zero-order valence-electron chi connectivity index (χ0n) is 32.9. The minimum atomic E-state index is -3.71. The van der Waals surface area contributed by atoms with E-state index in [1.165, 1.54) is 29.1 Å². The second-order valence-electron chi connectivity index (χ2n) is 15.8. The number of hydrogen-bond acceptors (Lipinski definition) is 10. The predicted molar refractivity (Wildman–Crippen MR) is 216 cm³/mol. The van der Waals surface area contributed by atoms with Crippen molar-refractivity contribution in [1.29, 1.82) is 0 Å². The molecule has 1 unspecified atom stereocenters. The molecular weight excluding hydrogens is 756 g/mol. The standard InChI is InChI=1S/C41H53ClN6O7S/c1-46(2)18-19-54-31-11-15-36(52-4)32-12-8-29(32)23-48-25-41(17-6-7-27-21-30(42)10-13-34(27)41)26-55-37-14-9-28(22-35(37)48)38(49)44-56(51,20-16-31)45-39(50)33-24-47(3)43-40(33)53-5/h9-11,13-15,21-22,24,29,31-32,36H,6-8,12,16-20,23,25-26H2,1-5H3,(H,44,45,49,50,51)/b15-11+/t29-,31-,32+,36-,41-,56?/m0/s1. The summed E-state index contributed by atoms with van der Waals surface area (Å²) in [6.45, 7) is 2.99. The van der Waals surface area contributed by atoms with E-state index in [4.69, 9.17) is 30.5 Å². The first-order chi connectivity index (χ1) is 26.9. The maximum atomic E-state index is 14.8. The second-order valence-corrected chi connectivity index (χ2v) is 18.3. The molecule has 2 amide bonds. The van der Waals surface area contributed by atoms with Gasteiger partial charge < -0.3 is 28.7 Å². The molecule has 13 nitrogen and oxygen atoms in total. The van der Waals surface area contributed by atoms with Crippen LogP contribution in [0.2, 0.25) is 5.02 Å². The van der Waals surface area contributed by atoms with E-state index in [0.717, 1.165) is 49.4 Å². The molecular formula is C41H53ClN6O7S. The summed E-state index contributed by atoms with van der Waals surface area (Å²) >= 11 is 6.48. The highest BCUT2D eigenvalue weighted by atomic mass is 35.5. The van der Waals surface area contributed by atoms with Gasteiger partial charge >= 0.3 is 0 Å². The molecule has 1 spiro atoms. The van der Waals surface area contributed by atoms with E-state index in [0.29, 0.717) is 38.0 Å². The van der Waals surface area contributed by atoms with E-state index in [9.17, 15) is 13.8 Å². The molecule has 0 saturated heterocycles. The van der Waals surface area contributed by atoms with E-state index in [2.05, 4.69) is 37.3 Å². The van der Waals surface area contributed by atoms with Crippen LogP contribution < -0.4 is 19.1 Å². The van der Waals surface area contributed by atoms with Gasteiger partial charge in [-0.25, -0.2) is 4.21 Å². The summed E-state index contributed by atoms with van der Waals surface area (Å²) in [5.74, 6) is -0.262. The van der Waals surface area contributed by atoms with Gasteiger partial charge in [0.25, 0.3) is 11.8 Å². The van der Waals surface area contributed by atoms with Gasteiger partial charge in [0.2, 0.25) is 5.88 Å². The first-order valence-corrected chi connectivity index (χ1v) is 21.4. The lowest BCUT2D eigenvalue weighted by Crippen LogP contribution is -2.49. The first-order valence-electron chi connectivity index (χ1n) is 19.4. The zero-order chi connectivity index (χ0) is 39.6. The van der Waals surface area contributed by atoms with Crippen LogP contribution in [0.4, 0.5) is 5.69 Å². The van der Waals surface area contributed by atoms with Crippen molar-refractivity contribution in [1.82, 2.24) is 19.4 Å². The Bertz CT molecular complexity index is 2100. The Kier molecular flexibility index (Phi) is 12.1. The van der Waals surface area contributed by atoms with Gasteiger partial charge in [-0.1, -0.05) is 29.8 Å². The van der Waals surface area contributed by atoms with Crippen LogP contribution in [-0.2, 0) is 38.3 Å². The van der Waals surface area contributed by atoms with Gasteiger partial charge in [-0.2, -0.15) is 0 Å². The summed E-state index contributed by atoms with van der Waals surface area (Å²) in [6.07, 6.45) is 10.0. The van der Waals surface area contributed by atoms with Crippen molar-refractivity contribution < 1.29 is 32.7 Å². The molecule has 2 aliphatic carbocycles. The third-order valence-corrected chi connectivity index (χ3v) is 13.7. The average molecular weight is 809 g/mol. The molecule has 4 aliphatic rings. The normalized spacial score (nSPS) is 28.3. The number of carbonyl (C=O) groups is 2. The van der Waals surface area contributed by atoms with Gasteiger partial charge in [-0.15, -0.1) is 9.46 Å². The number of ether oxygens (including phenoxy) is 4. The summed E-state index contributed by atoms with van der Waals surface area (Å²) in [6, 6.07) is 11.5. The number of likely N-dealkylation sites (N-methyl/N-ethyl adjacent to an activating group) is 1. The number of carbonyl (C=O) groups excluding carboxylic acids is 2. The van der Waals surface area contributed by atoms with Crippen molar-refractivity contribution in [2.45, 2.75) is 56.1 Å². The van der Waals surface area contributed by atoms with E-state index in [-0.39, 0.29) is 46.6 Å². The van der Waals surface area contributed by atoms with Crippen LogP contribution in [0.25, 0.3) is 0 Å². The number of rotatable bonds is 8. The number of hydrogen-bond donors (Lipinski definition) is 1. The second kappa shape index (κ2) is 16.9. The van der Waals surface area contributed by atoms with Crippen LogP contribution in [0.15, 0.2) is 59.1 Å². The fraction of sp³-hybridized carbons (Fsp3) is 0.537. The highest BCUT2D eigenvalue weighted by Gasteiger charge is 2.44. The SMILES string of the molecule is COc1nn(C)cc1C(=O)NS1(=O)=NC(=O)c2ccc3c(c2)N(C[C@@H]2CC[C@H]2[C@@H](OC)/C=C/[C@H](OCCN(C)C)CC1)C[C@@]1(CCCc2cc(Cl)ccc21)CO3. The van der Waals surface area contributed by atoms with Crippen LogP contribution in [0, 0.1) is 11.8 Å². The smallest absolute Gasteiger partial charge is 0.286 e. The number of benzene rings is 2. The van der Waals surface area contributed by atoms with Crippen molar-refractivity contribution in [2.75, 3.05) is 71.8 Å². The van der Waals surface area contributed by atoms with Crippen LogP contribution in [0.3, 0.4) is 0 Å². The molecule has 2 bridgehead atoms. The van der Waals surface area contributed by atoms with Crippen molar-refractivity contribution in [3.63, 3.8) is 0 Å². The molecule has 15 heteroatoms. The Labute approximate surface area is 334 Å². The van der Waals surface area contributed by atoms with E-state index in [1.807, 2.05) is 37.2 Å². The van der Waals surface area contributed by atoms with Crippen LogP contribution >= 0.6 is 11.6 Å². The Morgan fingerprint density at radius 1 is 1.14 bits per heavy atom. The maximum Gasteiger partial charge on any atom is 0.286 e. The van der Waals surface area contributed by atoms with E-state index >= 15 is 0 Å². The van der Waals surface area contributed by atoms with Gasteiger partial charge in [0, 0.05) is 56.0 Å². The molecule has 3 heterocycles. The van der Waals surface area contributed by atoms with Gasteiger partial charge in [0.15, 0.2) is 0 Å². The maximum absolute atomic E-state index is 14.8. The Hall–Kier alpha value is -3.95. The largest absolute Gasteiger partial charge is 0.490 e. The Morgan fingerprint density at radius 3 is 2.73 bits per heavy atom. The number of nitrogens with one attached hydrogen (secondary N) is 1. The molecule has 0 radical (unpaired) electrons. The minimum Gasteiger partial charge on any atom is -0.490 e. The lowest BCUT2D eigenvalue weighted by molar-refractivity contribution is 0.0116. The fourth-order valence-corrected chi connectivity index (χ4v) is 10.4. The van der Waals surface area contributed by atoms with Crippen LogP contribution in [-0.4, -0.2) is 110 Å². The lowest BCUT2D eigenvalue weighted by Gasteiger charge is -2.46. The molecule has 7 rings (SSSR count). The number of nitrogens with zero attached hydrogens (tertiary/aromatic N) is 5. The van der Waals surface area contributed by atoms with Gasteiger partial charge in [0.05, 0.1) is 44.0 Å². The first kappa shape index (κ1) is 40.3. The summed E-state index contributed by atoms with van der Waals surface area (Å²) in [4.78, 5) is 32.3. The molecule has 302 valence electrons. The van der Waals surface area contributed by atoms with Crippen LogP contribution in [0.1, 0.15) is 63.9 Å². The predicted octanol–water partition coefficient (Wildman–Crippen LogP) is 5.46. The van der Waals surface area contributed by atoms with Crippen molar-refractivity contribution >= 4 is 39.0 Å². The fourth-order valence-electron chi connectivity index (χ4n) is 8.59. The highest BCUT2D eigenvalue weighted by molar-refractivity contribution is 7.92. The number of anilines is 1. The van der Waals surface area contributed by atoms with Gasteiger partial charge in [-0.3, -0.25) is 19.0 Å². The van der Waals surface area contributed by atoms with Crippen molar-refractivity contribution in [2.24, 2.45) is 23.2 Å². The lowest BCUT2D eigenvalue weighted by atomic mass is 9.68. The van der Waals surface area contributed by atoms with Crippen molar-refractivity contribution in [3.8, 4) is 11.6 Å². The summed E-state index contributed by atoms with van der Waals surface area (Å²) in [5, 5.41) is 4.90. The minimum absolute atomic E-state index is 0.0626. The third kappa shape index (κ3) is 8.64. The van der Waals surface area contributed by atoms with Crippen LogP contribution in [0.5, 0.6) is 11.6 Å². The number of amides is 2. The molecule has 2 aliphatic heterocycles. The topological polar surface area (TPSA) is 137 Å². The molecule has 3 aromatic rings. The molecule has 1 fully saturated rings. The number of halogens is 1. The third-order valence-electron chi connectivity index (χ3n) is 11.7. The highest BCUT2D eigenvalue weighted by Crippen LogP contribution is 2.47.